The summed E-state index contributed by atoms with van der Waals surface area (Å²) in [5.41, 5.74) is 4.33. The highest BCUT2D eigenvalue weighted by Crippen LogP contribution is 2.36. The first-order valence-corrected chi connectivity index (χ1v) is 9.19. The Morgan fingerprint density at radius 2 is 1.93 bits per heavy atom. The number of carboxylic acids is 1. The van der Waals surface area contributed by atoms with Gasteiger partial charge in [-0.15, -0.1) is 0 Å². The summed E-state index contributed by atoms with van der Waals surface area (Å²) >= 11 is 0. The van der Waals surface area contributed by atoms with Crippen molar-refractivity contribution in [2.24, 2.45) is 5.73 Å². The zero-order chi connectivity index (χ0) is 19.3. The summed E-state index contributed by atoms with van der Waals surface area (Å²) in [6, 6.07) is 0.698. The second kappa shape index (κ2) is 6.60. The van der Waals surface area contributed by atoms with Gasteiger partial charge in [0.25, 0.3) is 0 Å². The van der Waals surface area contributed by atoms with Crippen LogP contribution in [0, 0.1) is 11.6 Å². The van der Waals surface area contributed by atoms with Crippen LogP contribution in [0.3, 0.4) is 0 Å². The molecule has 0 radical (unpaired) electrons. The van der Waals surface area contributed by atoms with Gasteiger partial charge in [0, 0.05) is 31.4 Å². The predicted molar refractivity (Wildman–Crippen MR) is 97.4 cm³/mol. The van der Waals surface area contributed by atoms with Gasteiger partial charge in [-0.05, 0) is 25.3 Å². The number of carboxylic acid groups (broad SMARTS) is 1. The van der Waals surface area contributed by atoms with Crippen molar-refractivity contribution in [1.82, 2.24) is 4.57 Å². The fourth-order valence-electron chi connectivity index (χ4n) is 4.33. The topological polar surface area (TPSA) is 88.6 Å². The third-order valence-corrected chi connectivity index (χ3v) is 5.67. The predicted octanol–water partition coefficient (Wildman–Crippen LogP) is 2.63. The standard InChI is InChI=1S/C19H21F2N3O3/c20-14-7-12-16(15(21)17(14)23-6-5-10(22)8-23)24(11-3-1-2-4-11)9-13(18(12)25)19(26)27/h7,9-11H,1-6,8,22H2,(H,26,27). The number of anilines is 1. The van der Waals surface area contributed by atoms with Gasteiger partial charge in [0.05, 0.1) is 10.9 Å². The van der Waals surface area contributed by atoms with Crippen LogP contribution >= 0.6 is 0 Å². The van der Waals surface area contributed by atoms with E-state index in [0.29, 0.717) is 19.5 Å². The lowest BCUT2D eigenvalue weighted by Crippen LogP contribution is -2.28. The normalized spacial score (nSPS) is 20.7. The van der Waals surface area contributed by atoms with E-state index in [4.69, 9.17) is 5.73 Å². The maximum atomic E-state index is 15.5. The molecule has 1 saturated carbocycles. The number of halogens is 2. The van der Waals surface area contributed by atoms with Crippen molar-refractivity contribution in [3.05, 3.63) is 39.7 Å². The Balaban J connectivity index is 2.02. The molecule has 1 atom stereocenters. The first-order chi connectivity index (χ1) is 12.9. The zero-order valence-electron chi connectivity index (χ0n) is 14.8. The van der Waals surface area contributed by atoms with Crippen molar-refractivity contribution >= 4 is 22.6 Å². The van der Waals surface area contributed by atoms with Crippen molar-refractivity contribution in [3.63, 3.8) is 0 Å². The summed E-state index contributed by atoms with van der Waals surface area (Å²) in [7, 11) is 0. The van der Waals surface area contributed by atoms with Crippen LogP contribution in [0.5, 0.6) is 0 Å². The zero-order valence-corrected chi connectivity index (χ0v) is 14.8. The molecule has 0 amide bonds. The molecule has 0 spiro atoms. The number of aromatic nitrogens is 1. The van der Waals surface area contributed by atoms with E-state index in [9.17, 15) is 19.1 Å². The molecule has 1 aliphatic heterocycles. The van der Waals surface area contributed by atoms with Crippen LogP contribution in [0.4, 0.5) is 14.5 Å². The van der Waals surface area contributed by atoms with Gasteiger partial charge in [-0.1, -0.05) is 12.8 Å². The second-order valence-corrected chi connectivity index (χ2v) is 7.43. The van der Waals surface area contributed by atoms with E-state index in [2.05, 4.69) is 0 Å². The van der Waals surface area contributed by atoms with Gasteiger partial charge in [-0.25, -0.2) is 13.6 Å². The number of hydrogen-bond donors (Lipinski definition) is 2. The number of hydrogen-bond acceptors (Lipinski definition) is 4. The first kappa shape index (κ1) is 17.9. The molecule has 3 N–H and O–H groups in total. The minimum absolute atomic E-state index is 0.0197. The van der Waals surface area contributed by atoms with E-state index in [0.717, 1.165) is 31.7 Å². The molecule has 8 heteroatoms. The average Bonchev–Trinajstić information content (AvgIpc) is 3.27. The molecule has 1 unspecified atom stereocenters. The molecule has 27 heavy (non-hydrogen) atoms. The number of rotatable bonds is 3. The molecule has 2 aliphatic rings. The maximum Gasteiger partial charge on any atom is 0.341 e. The third-order valence-electron chi connectivity index (χ3n) is 5.67. The maximum absolute atomic E-state index is 15.5. The van der Waals surface area contributed by atoms with Crippen molar-refractivity contribution in [1.29, 1.82) is 0 Å². The van der Waals surface area contributed by atoms with Gasteiger partial charge in [-0.2, -0.15) is 0 Å². The number of fused-ring (bicyclic) bond motifs is 1. The Morgan fingerprint density at radius 1 is 1.22 bits per heavy atom. The highest BCUT2D eigenvalue weighted by Gasteiger charge is 2.30. The molecule has 144 valence electrons. The van der Waals surface area contributed by atoms with Gasteiger partial charge in [0.2, 0.25) is 5.43 Å². The van der Waals surface area contributed by atoms with E-state index in [1.807, 2.05) is 0 Å². The average molecular weight is 377 g/mol. The highest BCUT2D eigenvalue weighted by molar-refractivity contribution is 5.94. The van der Waals surface area contributed by atoms with Crippen LogP contribution in [0.15, 0.2) is 17.1 Å². The number of aromatic carboxylic acids is 1. The largest absolute Gasteiger partial charge is 0.477 e. The van der Waals surface area contributed by atoms with E-state index >= 15 is 4.39 Å². The molecular weight excluding hydrogens is 356 g/mol. The van der Waals surface area contributed by atoms with Crippen LogP contribution in [0.1, 0.15) is 48.5 Å². The van der Waals surface area contributed by atoms with E-state index < -0.39 is 28.6 Å². The van der Waals surface area contributed by atoms with Crippen LogP contribution < -0.4 is 16.1 Å². The van der Waals surface area contributed by atoms with Crippen molar-refractivity contribution < 1.29 is 18.7 Å². The smallest absolute Gasteiger partial charge is 0.341 e. The van der Waals surface area contributed by atoms with Gasteiger partial charge in [-0.3, -0.25) is 4.79 Å². The van der Waals surface area contributed by atoms with Crippen LogP contribution in [0.2, 0.25) is 0 Å². The molecule has 1 aliphatic carbocycles. The van der Waals surface area contributed by atoms with Crippen LogP contribution in [-0.2, 0) is 0 Å². The van der Waals surface area contributed by atoms with Crippen LogP contribution in [-0.4, -0.2) is 34.8 Å². The lowest BCUT2D eigenvalue weighted by molar-refractivity contribution is 0.0694. The molecule has 1 saturated heterocycles. The summed E-state index contributed by atoms with van der Waals surface area (Å²) in [6.07, 6.45) is 5.25. The monoisotopic (exact) mass is 377 g/mol. The molecule has 6 nitrogen and oxygen atoms in total. The highest BCUT2D eigenvalue weighted by atomic mass is 19.1. The van der Waals surface area contributed by atoms with Crippen LogP contribution in [0.25, 0.3) is 10.9 Å². The van der Waals surface area contributed by atoms with E-state index in [1.54, 1.807) is 4.90 Å². The Kier molecular flexibility index (Phi) is 4.38. The van der Waals surface area contributed by atoms with Gasteiger partial charge in [0.1, 0.15) is 17.1 Å². The summed E-state index contributed by atoms with van der Waals surface area (Å²) < 4.78 is 31.8. The Morgan fingerprint density at radius 3 is 2.52 bits per heavy atom. The summed E-state index contributed by atoms with van der Waals surface area (Å²) in [4.78, 5) is 25.6. The van der Waals surface area contributed by atoms with Gasteiger partial charge in [0.15, 0.2) is 5.82 Å². The fourth-order valence-corrected chi connectivity index (χ4v) is 4.33. The minimum Gasteiger partial charge on any atom is -0.477 e. The molecule has 2 heterocycles. The number of carbonyl (C=O) groups is 1. The fraction of sp³-hybridized carbons (Fsp3) is 0.474. The minimum atomic E-state index is -1.40. The summed E-state index contributed by atoms with van der Waals surface area (Å²) in [5.74, 6) is -3.09. The summed E-state index contributed by atoms with van der Waals surface area (Å²) in [6.45, 7) is 0.765. The molecular formula is C19H21F2N3O3. The molecule has 0 bridgehead atoms. The van der Waals surface area contributed by atoms with E-state index in [-0.39, 0.29) is 28.7 Å². The lowest BCUT2D eigenvalue weighted by Gasteiger charge is -2.24. The third kappa shape index (κ3) is 2.88. The van der Waals surface area contributed by atoms with Gasteiger partial charge >= 0.3 is 5.97 Å². The lowest BCUT2D eigenvalue weighted by atomic mass is 10.1. The quantitative estimate of drug-likeness (QED) is 0.858. The number of benzene rings is 1. The number of pyridine rings is 1. The molecule has 2 fully saturated rings. The molecule has 1 aromatic carbocycles. The van der Waals surface area contributed by atoms with Crippen molar-refractivity contribution in [2.45, 2.75) is 44.2 Å². The number of nitrogens with zero attached hydrogens (tertiary/aromatic N) is 2. The second-order valence-electron chi connectivity index (χ2n) is 7.43. The SMILES string of the molecule is NC1CCN(c2c(F)cc3c(=O)c(C(=O)O)cn(C4CCCC4)c3c2F)C1. The first-order valence-electron chi connectivity index (χ1n) is 9.19. The molecule has 1 aromatic heterocycles. The Labute approximate surface area is 154 Å². The van der Waals surface area contributed by atoms with Gasteiger partial charge < -0.3 is 20.3 Å². The molecule has 4 rings (SSSR count). The Hall–Kier alpha value is -2.48. The van der Waals surface area contributed by atoms with Crippen molar-refractivity contribution in [2.75, 3.05) is 18.0 Å². The summed E-state index contributed by atoms with van der Waals surface area (Å²) in [5, 5.41) is 9.13. The van der Waals surface area contributed by atoms with Crippen molar-refractivity contribution in [3.8, 4) is 0 Å². The van der Waals surface area contributed by atoms with E-state index in [1.165, 1.54) is 10.8 Å². The Bertz CT molecular complexity index is 983. The molecule has 2 aromatic rings. The number of nitrogens with two attached hydrogens (primary N) is 1.